The quantitative estimate of drug-likeness (QED) is 0.323. The normalized spacial score (nSPS) is 10.7. The van der Waals surface area contributed by atoms with Gasteiger partial charge >= 0.3 is 0 Å². The first kappa shape index (κ1) is 23.7. The Labute approximate surface area is 206 Å². The molecule has 0 saturated carbocycles. The molecular weight excluding hydrogens is 472 g/mol. The summed E-state index contributed by atoms with van der Waals surface area (Å²) >= 11 is 7.48. The van der Waals surface area contributed by atoms with Gasteiger partial charge in [-0.1, -0.05) is 35.9 Å². The number of nitrogens with one attached hydrogen (secondary N) is 1. The van der Waals surface area contributed by atoms with Crippen LogP contribution in [0.15, 0.2) is 60.4 Å². The average Bonchev–Trinajstić information content (AvgIpc) is 3.23. The molecule has 0 aliphatic heterocycles. The summed E-state index contributed by atoms with van der Waals surface area (Å²) in [5.74, 6) is 0.941. The number of carbonyl (C=O) groups is 1. The minimum atomic E-state index is -0.374. The molecule has 174 valence electrons. The number of hydrogen-bond donors (Lipinski definition) is 1. The predicted molar refractivity (Wildman–Crippen MR) is 133 cm³/mol. The first-order valence-electron chi connectivity index (χ1n) is 10.6. The summed E-state index contributed by atoms with van der Waals surface area (Å²) in [5, 5.41) is 2.90. The van der Waals surface area contributed by atoms with Crippen molar-refractivity contribution in [2.75, 3.05) is 11.9 Å². The fourth-order valence-corrected chi connectivity index (χ4v) is 4.13. The van der Waals surface area contributed by atoms with Crippen LogP contribution in [0.5, 0.6) is 11.5 Å². The van der Waals surface area contributed by atoms with Crippen molar-refractivity contribution in [2.45, 2.75) is 26.9 Å². The molecule has 0 radical (unpaired) electrons. The second kappa shape index (κ2) is 11.1. The third kappa shape index (κ3) is 6.30. The van der Waals surface area contributed by atoms with Crippen LogP contribution < -0.4 is 14.8 Å². The Morgan fingerprint density at radius 1 is 1.09 bits per heavy atom. The first-order valence-corrected chi connectivity index (χ1v) is 11.9. The van der Waals surface area contributed by atoms with Gasteiger partial charge in [0, 0.05) is 22.9 Å². The molecule has 7 nitrogen and oxygen atoms in total. The third-order valence-corrected chi connectivity index (χ3v) is 6.26. The molecule has 2 heterocycles. The van der Waals surface area contributed by atoms with Gasteiger partial charge in [-0.25, -0.2) is 9.97 Å². The van der Waals surface area contributed by atoms with Crippen LogP contribution in [-0.2, 0) is 13.0 Å². The molecule has 2 aromatic carbocycles. The van der Waals surface area contributed by atoms with Crippen molar-refractivity contribution in [1.82, 2.24) is 15.0 Å². The highest BCUT2D eigenvalue weighted by Gasteiger charge is 2.13. The largest absolute Gasteiger partial charge is 0.493 e. The van der Waals surface area contributed by atoms with Gasteiger partial charge in [0.05, 0.1) is 30.2 Å². The maximum Gasteiger partial charge on any atom is 0.257 e. The summed E-state index contributed by atoms with van der Waals surface area (Å²) in [6.07, 6.45) is 3.55. The van der Waals surface area contributed by atoms with E-state index in [-0.39, 0.29) is 16.9 Å². The molecule has 0 saturated heterocycles. The Morgan fingerprint density at radius 2 is 1.88 bits per heavy atom. The molecule has 0 atom stereocenters. The summed E-state index contributed by atoms with van der Waals surface area (Å²) in [4.78, 5) is 26.4. The van der Waals surface area contributed by atoms with E-state index < -0.39 is 0 Å². The van der Waals surface area contributed by atoms with Crippen LogP contribution in [0.2, 0.25) is 5.15 Å². The summed E-state index contributed by atoms with van der Waals surface area (Å²) in [6, 6.07) is 13.1. The molecule has 4 rings (SSSR count). The van der Waals surface area contributed by atoms with Crippen molar-refractivity contribution in [2.24, 2.45) is 0 Å². The lowest BCUT2D eigenvalue weighted by molar-refractivity contribution is 0.102. The lowest BCUT2D eigenvalue weighted by Crippen LogP contribution is -2.14. The number of ether oxygens (including phenoxy) is 2. The van der Waals surface area contributed by atoms with E-state index in [0.717, 1.165) is 23.2 Å². The van der Waals surface area contributed by atoms with E-state index in [1.165, 1.54) is 17.3 Å². The lowest BCUT2D eigenvalue weighted by atomic mass is 10.1. The molecule has 1 amide bonds. The summed E-state index contributed by atoms with van der Waals surface area (Å²) in [7, 11) is 0. The molecule has 4 aromatic rings. The van der Waals surface area contributed by atoms with E-state index in [4.69, 9.17) is 21.1 Å². The van der Waals surface area contributed by atoms with Crippen LogP contribution in [0.1, 0.15) is 32.1 Å². The van der Waals surface area contributed by atoms with Crippen molar-refractivity contribution >= 4 is 34.7 Å². The number of hydrogen-bond acceptors (Lipinski definition) is 7. The molecule has 1 N–H and O–H groups in total. The highest BCUT2D eigenvalue weighted by molar-refractivity contribution is 7.09. The highest BCUT2D eigenvalue weighted by Crippen LogP contribution is 2.26. The molecule has 9 heteroatoms. The Morgan fingerprint density at radius 3 is 2.62 bits per heavy atom. The van der Waals surface area contributed by atoms with E-state index in [1.807, 2.05) is 43.6 Å². The van der Waals surface area contributed by atoms with Crippen molar-refractivity contribution in [3.05, 3.63) is 92.8 Å². The molecule has 0 fully saturated rings. The number of thiazole rings is 1. The zero-order valence-electron chi connectivity index (χ0n) is 18.7. The number of halogens is 1. The smallest absolute Gasteiger partial charge is 0.257 e. The number of benzene rings is 2. The summed E-state index contributed by atoms with van der Waals surface area (Å²) in [5.41, 5.74) is 5.40. The third-order valence-electron chi connectivity index (χ3n) is 5.09. The van der Waals surface area contributed by atoms with E-state index in [1.54, 1.807) is 29.5 Å². The first-order chi connectivity index (χ1) is 16.5. The molecule has 34 heavy (non-hydrogen) atoms. The maximum atomic E-state index is 12.9. The molecule has 0 aliphatic carbocycles. The summed E-state index contributed by atoms with van der Waals surface area (Å²) < 4.78 is 12.0. The van der Waals surface area contributed by atoms with Crippen molar-refractivity contribution in [1.29, 1.82) is 0 Å². The standard InChI is InChI=1S/C25H23ClN4O3S/c1-16-5-3-4-6-18(16)14-33-21-10-19(25(31)30-24-13-27-12-23(26)29-24)9-20(11-21)32-8-7-22-17(2)28-15-34-22/h3-6,9-13,15H,7-8,14H2,1-2H3,(H,29,30,31). The van der Waals surface area contributed by atoms with Gasteiger partial charge in [0.1, 0.15) is 23.3 Å². The monoisotopic (exact) mass is 494 g/mol. The summed E-state index contributed by atoms with van der Waals surface area (Å²) in [6.45, 7) is 4.83. The van der Waals surface area contributed by atoms with Crippen LogP contribution in [-0.4, -0.2) is 27.5 Å². The van der Waals surface area contributed by atoms with Gasteiger partial charge in [-0.05, 0) is 37.1 Å². The maximum absolute atomic E-state index is 12.9. The topological polar surface area (TPSA) is 86.2 Å². The fraction of sp³-hybridized carbons (Fsp3) is 0.200. The van der Waals surface area contributed by atoms with Crippen molar-refractivity contribution in [3.63, 3.8) is 0 Å². The number of rotatable bonds is 9. The van der Waals surface area contributed by atoms with Gasteiger partial charge < -0.3 is 14.8 Å². The van der Waals surface area contributed by atoms with E-state index >= 15 is 0 Å². The predicted octanol–water partition coefficient (Wildman–Crippen LogP) is 5.66. The number of aryl methyl sites for hydroxylation is 2. The second-order valence-electron chi connectivity index (χ2n) is 7.55. The van der Waals surface area contributed by atoms with E-state index in [9.17, 15) is 4.79 Å². The van der Waals surface area contributed by atoms with Gasteiger partial charge in [0.2, 0.25) is 0 Å². The van der Waals surface area contributed by atoms with Crippen LogP contribution in [0.4, 0.5) is 5.82 Å². The van der Waals surface area contributed by atoms with Gasteiger partial charge in [-0.3, -0.25) is 9.78 Å². The molecular formula is C25H23ClN4O3S. The van der Waals surface area contributed by atoms with Gasteiger partial charge in [0.15, 0.2) is 5.82 Å². The number of aromatic nitrogens is 3. The lowest BCUT2D eigenvalue weighted by Gasteiger charge is -2.13. The molecule has 0 unspecified atom stereocenters. The molecule has 2 aromatic heterocycles. The Kier molecular flexibility index (Phi) is 7.72. The van der Waals surface area contributed by atoms with Crippen molar-refractivity contribution in [3.8, 4) is 11.5 Å². The van der Waals surface area contributed by atoms with Crippen LogP contribution >= 0.6 is 22.9 Å². The van der Waals surface area contributed by atoms with E-state index in [0.29, 0.717) is 30.3 Å². The molecule has 0 spiro atoms. The fourth-order valence-electron chi connectivity index (χ4n) is 3.22. The minimum Gasteiger partial charge on any atom is -0.493 e. The van der Waals surface area contributed by atoms with Crippen LogP contribution in [0.3, 0.4) is 0 Å². The van der Waals surface area contributed by atoms with Gasteiger partial charge in [-0.2, -0.15) is 0 Å². The Balaban J connectivity index is 1.52. The van der Waals surface area contributed by atoms with Gasteiger partial charge in [-0.15, -0.1) is 11.3 Å². The van der Waals surface area contributed by atoms with Crippen molar-refractivity contribution < 1.29 is 14.3 Å². The molecule has 0 aliphatic rings. The van der Waals surface area contributed by atoms with Crippen LogP contribution in [0, 0.1) is 13.8 Å². The van der Waals surface area contributed by atoms with E-state index in [2.05, 4.69) is 20.3 Å². The number of carbonyl (C=O) groups excluding carboxylic acids is 1. The Bertz CT molecular complexity index is 1290. The minimum absolute atomic E-state index is 0.190. The van der Waals surface area contributed by atoms with Gasteiger partial charge in [0.25, 0.3) is 5.91 Å². The van der Waals surface area contributed by atoms with Crippen LogP contribution in [0.25, 0.3) is 0 Å². The highest BCUT2D eigenvalue weighted by atomic mass is 35.5. The number of nitrogens with zero attached hydrogens (tertiary/aromatic N) is 3. The molecule has 0 bridgehead atoms. The Hall–Kier alpha value is -3.49. The number of amides is 1. The average molecular weight is 495 g/mol. The number of anilines is 1. The zero-order chi connectivity index (χ0) is 23.9. The zero-order valence-corrected chi connectivity index (χ0v) is 20.3. The second-order valence-corrected chi connectivity index (χ2v) is 8.88. The SMILES string of the molecule is Cc1ccccc1COc1cc(OCCc2scnc2C)cc(C(=O)Nc2cncc(Cl)n2)c1.